The van der Waals surface area contributed by atoms with Crippen LogP contribution in [0.5, 0.6) is 0 Å². The summed E-state index contributed by atoms with van der Waals surface area (Å²) in [6.45, 7) is 7.56. The SMILES string of the molecule is Cc1ccc(C(=O)N2CCCC(C)(C)C2)c(F)c1. The van der Waals surface area contributed by atoms with E-state index in [2.05, 4.69) is 13.8 Å². The van der Waals surface area contributed by atoms with Crippen molar-refractivity contribution in [3.63, 3.8) is 0 Å². The highest BCUT2D eigenvalue weighted by Crippen LogP contribution is 2.29. The van der Waals surface area contributed by atoms with Gasteiger partial charge in [-0.1, -0.05) is 19.9 Å². The zero-order valence-corrected chi connectivity index (χ0v) is 11.3. The number of halogens is 1. The van der Waals surface area contributed by atoms with Crippen molar-refractivity contribution in [2.45, 2.75) is 33.6 Å². The second-order valence-corrected chi connectivity index (χ2v) is 5.98. The van der Waals surface area contributed by atoms with Crippen molar-refractivity contribution in [2.75, 3.05) is 13.1 Å². The lowest BCUT2D eigenvalue weighted by molar-refractivity contribution is 0.0579. The summed E-state index contributed by atoms with van der Waals surface area (Å²) in [7, 11) is 0. The fourth-order valence-corrected chi connectivity index (χ4v) is 2.56. The molecule has 2 nitrogen and oxygen atoms in total. The van der Waals surface area contributed by atoms with Gasteiger partial charge in [0.2, 0.25) is 0 Å². The number of hydrogen-bond donors (Lipinski definition) is 0. The molecule has 1 aliphatic rings. The first-order valence-electron chi connectivity index (χ1n) is 6.44. The maximum absolute atomic E-state index is 13.8. The summed E-state index contributed by atoms with van der Waals surface area (Å²) in [6.07, 6.45) is 2.11. The minimum atomic E-state index is -0.414. The van der Waals surface area contributed by atoms with E-state index >= 15 is 0 Å². The molecule has 18 heavy (non-hydrogen) atoms. The van der Waals surface area contributed by atoms with Gasteiger partial charge in [0, 0.05) is 13.1 Å². The second kappa shape index (κ2) is 4.71. The molecule has 1 aromatic rings. The summed E-state index contributed by atoms with van der Waals surface area (Å²) >= 11 is 0. The third-order valence-electron chi connectivity index (χ3n) is 3.54. The summed E-state index contributed by atoms with van der Waals surface area (Å²) in [6, 6.07) is 4.79. The number of carbonyl (C=O) groups is 1. The first-order valence-corrected chi connectivity index (χ1v) is 6.44. The Morgan fingerprint density at radius 3 is 2.72 bits per heavy atom. The first-order chi connectivity index (χ1) is 8.39. The van der Waals surface area contributed by atoms with Crippen molar-refractivity contribution in [3.8, 4) is 0 Å². The summed E-state index contributed by atoms with van der Waals surface area (Å²) in [5.74, 6) is -0.594. The quantitative estimate of drug-likeness (QED) is 0.747. The Morgan fingerprint density at radius 1 is 1.39 bits per heavy atom. The van der Waals surface area contributed by atoms with E-state index in [1.165, 1.54) is 6.07 Å². The van der Waals surface area contributed by atoms with Gasteiger partial charge in [-0.05, 0) is 42.9 Å². The maximum atomic E-state index is 13.8. The minimum absolute atomic E-state index is 0.134. The zero-order chi connectivity index (χ0) is 13.3. The van der Waals surface area contributed by atoms with E-state index in [0.29, 0.717) is 6.54 Å². The minimum Gasteiger partial charge on any atom is -0.338 e. The van der Waals surface area contributed by atoms with Crippen LogP contribution in [0.4, 0.5) is 4.39 Å². The molecule has 3 heteroatoms. The molecule has 2 rings (SSSR count). The van der Waals surface area contributed by atoms with Gasteiger partial charge in [-0.25, -0.2) is 4.39 Å². The van der Waals surface area contributed by atoms with Crippen LogP contribution in [-0.4, -0.2) is 23.9 Å². The molecular formula is C15H20FNO. The number of amides is 1. The van der Waals surface area contributed by atoms with Crippen molar-refractivity contribution in [3.05, 3.63) is 35.1 Å². The largest absolute Gasteiger partial charge is 0.338 e. The second-order valence-electron chi connectivity index (χ2n) is 5.98. The van der Waals surface area contributed by atoms with Gasteiger partial charge in [-0.15, -0.1) is 0 Å². The van der Waals surface area contributed by atoms with Crippen molar-refractivity contribution < 1.29 is 9.18 Å². The Hall–Kier alpha value is -1.38. The van der Waals surface area contributed by atoms with Crippen LogP contribution in [0.15, 0.2) is 18.2 Å². The molecule has 0 aromatic heterocycles. The third-order valence-corrected chi connectivity index (χ3v) is 3.54. The molecule has 1 aliphatic heterocycles. The van der Waals surface area contributed by atoms with E-state index in [9.17, 15) is 9.18 Å². The van der Waals surface area contributed by atoms with Crippen molar-refractivity contribution in [1.29, 1.82) is 0 Å². The topological polar surface area (TPSA) is 20.3 Å². The Bertz CT molecular complexity index is 468. The third kappa shape index (κ3) is 2.71. The number of carbonyl (C=O) groups excluding carboxylic acids is 1. The maximum Gasteiger partial charge on any atom is 0.256 e. The lowest BCUT2D eigenvalue weighted by Gasteiger charge is -2.38. The van der Waals surface area contributed by atoms with Gasteiger partial charge in [-0.2, -0.15) is 0 Å². The molecule has 0 N–H and O–H groups in total. The molecule has 1 saturated heterocycles. The highest BCUT2D eigenvalue weighted by molar-refractivity contribution is 5.94. The molecule has 98 valence electrons. The van der Waals surface area contributed by atoms with Crippen LogP contribution in [0, 0.1) is 18.2 Å². The predicted octanol–water partition coefficient (Wildman–Crippen LogP) is 3.40. The Balaban J connectivity index is 2.20. The Kier molecular flexibility index (Phi) is 3.42. The smallest absolute Gasteiger partial charge is 0.256 e. The van der Waals surface area contributed by atoms with Gasteiger partial charge in [0.1, 0.15) is 5.82 Å². The lowest BCUT2D eigenvalue weighted by Crippen LogP contribution is -2.43. The van der Waals surface area contributed by atoms with Gasteiger partial charge >= 0.3 is 0 Å². The number of likely N-dealkylation sites (tertiary alicyclic amines) is 1. The number of nitrogens with zero attached hydrogens (tertiary/aromatic N) is 1. The molecule has 1 amide bonds. The van der Waals surface area contributed by atoms with Gasteiger partial charge in [0.25, 0.3) is 5.91 Å². The highest BCUT2D eigenvalue weighted by Gasteiger charge is 2.30. The molecule has 1 heterocycles. The monoisotopic (exact) mass is 249 g/mol. The van der Waals surface area contributed by atoms with E-state index in [1.54, 1.807) is 17.0 Å². The molecule has 0 radical (unpaired) electrons. The average Bonchev–Trinajstić information content (AvgIpc) is 2.27. The van der Waals surface area contributed by atoms with Crippen LogP contribution in [0.1, 0.15) is 42.6 Å². The molecule has 0 spiro atoms. The summed E-state index contributed by atoms with van der Waals surface area (Å²) in [5.41, 5.74) is 1.16. The first kappa shape index (κ1) is 13.1. The molecule has 0 bridgehead atoms. The molecule has 0 aliphatic carbocycles. The van der Waals surface area contributed by atoms with E-state index < -0.39 is 5.82 Å². The van der Waals surface area contributed by atoms with Crippen LogP contribution >= 0.6 is 0 Å². The van der Waals surface area contributed by atoms with Crippen molar-refractivity contribution in [2.24, 2.45) is 5.41 Å². The molecule has 1 aromatic carbocycles. The average molecular weight is 249 g/mol. The van der Waals surface area contributed by atoms with Gasteiger partial charge in [-0.3, -0.25) is 4.79 Å². The number of rotatable bonds is 1. The summed E-state index contributed by atoms with van der Waals surface area (Å²) in [4.78, 5) is 14.1. The van der Waals surface area contributed by atoms with Crippen LogP contribution in [-0.2, 0) is 0 Å². The molecule has 0 saturated carbocycles. The fraction of sp³-hybridized carbons (Fsp3) is 0.533. The van der Waals surface area contributed by atoms with Crippen molar-refractivity contribution in [1.82, 2.24) is 4.90 Å². The predicted molar refractivity (Wildman–Crippen MR) is 70.1 cm³/mol. The molecular weight excluding hydrogens is 229 g/mol. The summed E-state index contributed by atoms with van der Waals surface area (Å²) < 4.78 is 13.8. The van der Waals surface area contributed by atoms with Crippen molar-refractivity contribution >= 4 is 5.91 Å². The molecule has 0 atom stereocenters. The fourth-order valence-electron chi connectivity index (χ4n) is 2.56. The van der Waals surface area contributed by atoms with Crippen LogP contribution < -0.4 is 0 Å². The number of hydrogen-bond acceptors (Lipinski definition) is 1. The number of piperidine rings is 1. The highest BCUT2D eigenvalue weighted by atomic mass is 19.1. The summed E-state index contributed by atoms with van der Waals surface area (Å²) in [5, 5.41) is 0. The van der Waals surface area contributed by atoms with E-state index in [4.69, 9.17) is 0 Å². The number of aryl methyl sites for hydroxylation is 1. The van der Waals surface area contributed by atoms with Crippen LogP contribution in [0.2, 0.25) is 0 Å². The van der Waals surface area contributed by atoms with E-state index in [0.717, 1.165) is 24.9 Å². The zero-order valence-electron chi connectivity index (χ0n) is 11.3. The molecule has 1 fully saturated rings. The van der Waals surface area contributed by atoms with Crippen LogP contribution in [0.3, 0.4) is 0 Å². The lowest BCUT2D eigenvalue weighted by atomic mass is 9.84. The Morgan fingerprint density at radius 2 is 2.11 bits per heavy atom. The van der Waals surface area contributed by atoms with Crippen LogP contribution in [0.25, 0.3) is 0 Å². The van der Waals surface area contributed by atoms with Gasteiger partial charge < -0.3 is 4.90 Å². The Labute approximate surface area is 108 Å². The van der Waals surface area contributed by atoms with Gasteiger partial charge in [0.15, 0.2) is 0 Å². The standard InChI is InChI=1S/C15H20FNO/c1-11-5-6-12(13(16)9-11)14(18)17-8-4-7-15(2,3)10-17/h5-6,9H,4,7-8,10H2,1-3H3. The normalized spacial score (nSPS) is 18.8. The van der Waals surface area contributed by atoms with E-state index in [1.807, 2.05) is 6.92 Å². The van der Waals surface area contributed by atoms with E-state index in [-0.39, 0.29) is 16.9 Å². The molecule has 0 unspecified atom stereocenters. The number of benzene rings is 1. The van der Waals surface area contributed by atoms with Gasteiger partial charge in [0.05, 0.1) is 5.56 Å².